The number of nitrogens with zero attached hydrogens (tertiary/aromatic N) is 3. The molecule has 2 aromatic heterocycles. The van der Waals surface area contributed by atoms with Crippen molar-refractivity contribution in [2.45, 2.75) is 46.0 Å². The minimum Gasteiger partial charge on any atom is -0.496 e. The van der Waals surface area contributed by atoms with Gasteiger partial charge in [-0.15, -0.1) is 0 Å². The fourth-order valence-electron chi connectivity index (χ4n) is 2.97. The van der Waals surface area contributed by atoms with E-state index in [1.165, 1.54) is 30.0 Å². The molecule has 0 aliphatic carbocycles. The van der Waals surface area contributed by atoms with Crippen LogP contribution in [0.5, 0.6) is 17.2 Å². The smallest absolute Gasteiger partial charge is 0.387 e. The number of amides is 1. The van der Waals surface area contributed by atoms with Crippen molar-refractivity contribution in [2.75, 3.05) is 7.11 Å². The number of fused-ring (bicyclic) bond motifs is 1. The summed E-state index contributed by atoms with van der Waals surface area (Å²) in [6, 6.07) is 2.72. The molecular weight excluding hydrogens is 426 g/mol. The highest BCUT2D eigenvalue weighted by atomic mass is 19.3. The Morgan fingerprint density at radius 3 is 2.44 bits per heavy atom. The van der Waals surface area contributed by atoms with Gasteiger partial charge in [-0.3, -0.25) is 4.79 Å². The van der Waals surface area contributed by atoms with Crippen molar-refractivity contribution >= 4 is 11.6 Å². The van der Waals surface area contributed by atoms with Gasteiger partial charge in [0.05, 0.1) is 30.8 Å². The number of carbonyl (C=O) groups excluding carboxylic acids is 1. The number of nitrogens with two attached hydrogens (primary N) is 1. The first kappa shape index (κ1) is 23.2. The Bertz CT molecular complexity index is 1160. The number of aryl methyl sites for hydroxylation is 1. The van der Waals surface area contributed by atoms with Gasteiger partial charge in [0, 0.05) is 5.56 Å². The fraction of sp³-hybridized carbons (Fsp3) is 0.381. The lowest BCUT2D eigenvalue weighted by Gasteiger charge is -2.27. The summed E-state index contributed by atoms with van der Waals surface area (Å²) in [5, 5.41) is 14.4. The summed E-state index contributed by atoms with van der Waals surface area (Å²) in [6.07, 6.45) is 2.57. The predicted octanol–water partition coefficient (Wildman–Crippen LogP) is 2.95. The molecule has 3 rings (SSSR count). The molecule has 0 aliphatic heterocycles. The zero-order valence-corrected chi connectivity index (χ0v) is 18.2. The average molecular weight is 450 g/mol. The molecule has 1 aromatic carbocycles. The van der Waals surface area contributed by atoms with E-state index in [0.29, 0.717) is 28.2 Å². The van der Waals surface area contributed by atoms with E-state index in [1.54, 1.807) is 33.9 Å². The Morgan fingerprint density at radius 1 is 1.22 bits per heavy atom. The molecule has 0 saturated heterocycles. The molecule has 3 aromatic rings. The van der Waals surface area contributed by atoms with Crippen molar-refractivity contribution in [2.24, 2.45) is 5.73 Å². The van der Waals surface area contributed by atoms with Gasteiger partial charge in [-0.05, 0) is 45.4 Å². The standard InChI is InChI=1S/C21H24F2N4O5/c1-10-16(31-11(2)21(3,4)29)9-27-19(26-10)13(8-25-27)12-6-14(30-5)17(18(24)28)15(7-12)32-20(22)23/h6-9,11,20,29H,1-5H3,(H2,24,28)/t11-/m0/s1. The number of methoxy groups -OCH3 is 1. The summed E-state index contributed by atoms with van der Waals surface area (Å²) in [7, 11) is 1.28. The summed E-state index contributed by atoms with van der Waals surface area (Å²) < 4.78 is 42.8. The zero-order chi connectivity index (χ0) is 23.8. The summed E-state index contributed by atoms with van der Waals surface area (Å²) in [5.74, 6) is -0.997. The maximum Gasteiger partial charge on any atom is 0.387 e. The van der Waals surface area contributed by atoms with Gasteiger partial charge in [-0.2, -0.15) is 13.9 Å². The minimum atomic E-state index is -3.17. The molecule has 2 heterocycles. The highest BCUT2D eigenvalue weighted by Gasteiger charge is 2.26. The molecule has 172 valence electrons. The first-order valence-corrected chi connectivity index (χ1v) is 9.63. The lowest BCUT2D eigenvalue weighted by Crippen LogP contribution is -2.38. The maximum absolute atomic E-state index is 12.9. The Hall–Kier alpha value is -3.47. The van der Waals surface area contributed by atoms with E-state index in [0.717, 1.165) is 0 Å². The third-order valence-electron chi connectivity index (χ3n) is 5.00. The lowest BCUT2D eigenvalue weighted by atomic mass is 10.0. The highest BCUT2D eigenvalue weighted by Crippen LogP contribution is 2.37. The van der Waals surface area contributed by atoms with Crippen LogP contribution in [0.1, 0.15) is 36.8 Å². The molecule has 1 amide bonds. The minimum absolute atomic E-state index is 0.0272. The molecule has 11 heteroatoms. The summed E-state index contributed by atoms with van der Waals surface area (Å²) >= 11 is 0. The molecular formula is C21H24F2N4O5. The van der Waals surface area contributed by atoms with E-state index in [9.17, 15) is 18.7 Å². The number of carbonyl (C=O) groups is 1. The van der Waals surface area contributed by atoms with Crippen LogP contribution >= 0.6 is 0 Å². The van der Waals surface area contributed by atoms with E-state index >= 15 is 0 Å². The molecule has 0 radical (unpaired) electrons. The van der Waals surface area contributed by atoms with Crippen LogP contribution in [0.15, 0.2) is 24.5 Å². The van der Waals surface area contributed by atoms with E-state index in [1.807, 2.05) is 0 Å². The zero-order valence-electron chi connectivity index (χ0n) is 18.2. The van der Waals surface area contributed by atoms with Crippen molar-refractivity contribution in [1.29, 1.82) is 0 Å². The summed E-state index contributed by atoms with van der Waals surface area (Å²) in [6.45, 7) is 3.55. The van der Waals surface area contributed by atoms with Crippen LogP contribution in [0.2, 0.25) is 0 Å². The number of alkyl halides is 2. The van der Waals surface area contributed by atoms with Crippen LogP contribution in [0.25, 0.3) is 16.8 Å². The molecule has 0 spiro atoms. The van der Waals surface area contributed by atoms with Crippen LogP contribution in [0.4, 0.5) is 8.78 Å². The number of benzene rings is 1. The van der Waals surface area contributed by atoms with Gasteiger partial charge in [-0.1, -0.05) is 0 Å². The van der Waals surface area contributed by atoms with Gasteiger partial charge in [-0.25, -0.2) is 9.50 Å². The van der Waals surface area contributed by atoms with Crippen LogP contribution in [-0.2, 0) is 0 Å². The number of rotatable bonds is 8. The third kappa shape index (κ3) is 4.57. The van der Waals surface area contributed by atoms with E-state index in [-0.39, 0.29) is 11.3 Å². The average Bonchev–Trinajstić information content (AvgIpc) is 3.08. The largest absolute Gasteiger partial charge is 0.496 e. The van der Waals surface area contributed by atoms with Crippen LogP contribution in [0.3, 0.4) is 0 Å². The number of aliphatic hydroxyl groups is 1. The number of aromatic nitrogens is 3. The van der Waals surface area contributed by atoms with Crippen LogP contribution in [0, 0.1) is 6.92 Å². The molecule has 0 aliphatic rings. The Balaban J connectivity index is 2.12. The second-order valence-corrected chi connectivity index (χ2v) is 7.73. The van der Waals surface area contributed by atoms with Crippen LogP contribution in [-0.4, -0.2) is 51.0 Å². The van der Waals surface area contributed by atoms with Crippen molar-refractivity contribution in [3.05, 3.63) is 35.8 Å². The highest BCUT2D eigenvalue weighted by molar-refractivity contribution is 6.00. The number of primary amides is 1. The SMILES string of the molecule is COc1cc(-c2cnn3cc(O[C@@H](C)C(C)(C)O)c(C)nc23)cc(OC(F)F)c1C(N)=O. The van der Waals surface area contributed by atoms with Gasteiger partial charge in [0.1, 0.15) is 23.2 Å². The topological polar surface area (TPSA) is 121 Å². The van der Waals surface area contributed by atoms with Crippen molar-refractivity contribution in [3.8, 4) is 28.4 Å². The molecule has 1 atom stereocenters. The van der Waals surface area contributed by atoms with E-state index in [4.69, 9.17) is 15.2 Å². The molecule has 0 unspecified atom stereocenters. The lowest BCUT2D eigenvalue weighted by molar-refractivity contribution is -0.0502. The molecule has 0 saturated carbocycles. The number of hydrogen-bond donors (Lipinski definition) is 2. The van der Waals surface area contributed by atoms with E-state index < -0.39 is 30.0 Å². The summed E-state index contributed by atoms with van der Waals surface area (Å²) in [5.41, 5.74) is 5.74. The second kappa shape index (κ2) is 8.58. The van der Waals surface area contributed by atoms with Gasteiger partial charge < -0.3 is 25.1 Å². The first-order valence-electron chi connectivity index (χ1n) is 9.63. The Morgan fingerprint density at radius 2 is 1.88 bits per heavy atom. The van der Waals surface area contributed by atoms with Crippen molar-refractivity contribution in [3.63, 3.8) is 0 Å². The monoisotopic (exact) mass is 450 g/mol. The normalized spacial score (nSPS) is 12.8. The summed E-state index contributed by atoms with van der Waals surface area (Å²) in [4.78, 5) is 16.3. The predicted molar refractivity (Wildman–Crippen MR) is 111 cm³/mol. The van der Waals surface area contributed by atoms with E-state index in [2.05, 4.69) is 14.8 Å². The molecule has 3 N–H and O–H groups in total. The maximum atomic E-state index is 12.9. The van der Waals surface area contributed by atoms with Crippen molar-refractivity contribution < 1.29 is 32.9 Å². The van der Waals surface area contributed by atoms with Crippen molar-refractivity contribution in [1.82, 2.24) is 14.6 Å². The Labute approximate surface area is 182 Å². The molecule has 32 heavy (non-hydrogen) atoms. The Kier molecular flexibility index (Phi) is 6.22. The van der Waals surface area contributed by atoms with Gasteiger partial charge in [0.25, 0.3) is 5.91 Å². The third-order valence-corrected chi connectivity index (χ3v) is 5.00. The fourth-order valence-corrected chi connectivity index (χ4v) is 2.97. The van der Waals surface area contributed by atoms with Gasteiger partial charge in [0.15, 0.2) is 11.4 Å². The number of halogens is 2. The van der Waals surface area contributed by atoms with Crippen LogP contribution < -0.4 is 19.9 Å². The number of ether oxygens (including phenoxy) is 3. The van der Waals surface area contributed by atoms with Gasteiger partial charge in [0.2, 0.25) is 0 Å². The molecule has 0 fully saturated rings. The molecule has 0 bridgehead atoms. The quantitative estimate of drug-likeness (QED) is 0.541. The van der Waals surface area contributed by atoms with Gasteiger partial charge >= 0.3 is 6.61 Å². The molecule has 9 nitrogen and oxygen atoms in total. The number of hydrogen-bond acceptors (Lipinski definition) is 7. The first-order chi connectivity index (χ1) is 14.9. The second-order valence-electron chi connectivity index (χ2n) is 7.73.